The molecule has 0 aliphatic carbocycles. The van der Waals surface area contributed by atoms with Crippen LogP contribution in [-0.2, 0) is 14.8 Å². The van der Waals surface area contributed by atoms with Crippen molar-refractivity contribution in [1.29, 1.82) is 0 Å². The molecule has 0 aliphatic heterocycles. The highest BCUT2D eigenvalue weighted by atomic mass is 35.5. The molecule has 0 fully saturated rings. The first-order chi connectivity index (χ1) is 16.8. The van der Waals surface area contributed by atoms with E-state index >= 15 is 0 Å². The third kappa shape index (κ3) is 5.70. The number of hydrogen-bond acceptors (Lipinski definition) is 4. The summed E-state index contributed by atoms with van der Waals surface area (Å²) in [6.45, 7) is 1.91. The summed E-state index contributed by atoms with van der Waals surface area (Å²) in [5, 5.41) is 4.53. The van der Waals surface area contributed by atoms with Crippen molar-refractivity contribution < 1.29 is 17.9 Å². The van der Waals surface area contributed by atoms with Crippen LogP contribution in [0.2, 0.25) is 10.0 Å². The number of nitrogens with zero attached hydrogens (tertiary/aromatic N) is 1. The van der Waals surface area contributed by atoms with Crippen molar-refractivity contribution in [2.24, 2.45) is 0 Å². The lowest BCUT2D eigenvalue weighted by Gasteiger charge is -2.25. The van der Waals surface area contributed by atoms with Crippen molar-refractivity contribution in [3.8, 4) is 5.75 Å². The standard InChI is InChI=1S/C26H22Cl2N2O4S/c1-2-34-23-12-10-21(11-13-23)29-26(31)17-30(22-15-19(27)14-20(28)16-22)35(32,33)25-9-5-7-18-6-3-4-8-24(18)25/h3-16H,2,17H2,1H3,(H,29,31). The Balaban J connectivity index is 1.72. The van der Waals surface area contributed by atoms with Crippen LogP contribution in [0.25, 0.3) is 10.8 Å². The first-order valence-electron chi connectivity index (χ1n) is 10.8. The van der Waals surface area contributed by atoms with Crippen molar-refractivity contribution in [2.75, 3.05) is 22.8 Å². The van der Waals surface area contributed by atoms with Crippen LogP contribution in [-0.4, -0.2) is 27.5 Å². The Hall–Kier alpha value is -3.26. The van der Waals surface area contributed by atoms with Crippen LogP contribution in [0.3, 0.4) is 0 Å². The Bertz CT molecular complexity index is 1450. The zero-order valence-corrected chi connectivity index (χ0v) is 21.1. The number of ether oxygens (including phenoxy) is 1. The van der Waals surface area contributed by atoms with Gasteiger partial charge in [-0.1, -0.05) is 59.6 Å². The monoisotopic (exact) mass is 528 g/mol. The van der Waals surface area contributed by atoms with Gasteiger partial charge < -0.3 is 10.1 Å². The summed E-state index contributed by atoms with van der Waals surface area (Å²) >= 11 is 12.3. The molecule has 4 aromatic carbocycles. The number of rotatable bonds is 8. The van der Waals surface area contributed by atoms with Gasteiger partial charge in [-0.15, -0.1) is 0 Å². The number of fused-ring (bicyclic) bond motifs is 1. The lowest BCUT2D eigenvalue weighted by molar-refractivity contribution is -0.114. The van der Waals surface area contributed by atoms with Crippen molar-refractivity contribution in [3.05, 3.63) is 95.0 Å². The molecule has 0 heterocycles. The minimum absolute atomic E-state index is 0.0700. The number of benzene rings is 4. The van der Waals surface area contributed by atoms with Gasteiger partial charge in [0.15, 0.2) is 0 Å². The molecule has 0 saturated carbocycles. The predicted molar refractivity (Wildman–Crippen MR) is 141 cm³/mol. The van der Waals surface area contributed by atoms with Crippen molar-refractivity contribution in [1.82, 2.24) is 0 Å². The van der Waals surface area contributed by atoms with Gasteiger partial charge in [-0.2, -0.15) is 0 Å². The number of sulfonamides is 1. The van der Waals surface area contributed by atoms with Gasteiger partial charge in [0.1, 0.15) is 12.3 Å². The van der Waals surface area contributed by atoms with E-state index in [1.807, 2.05) is 25.1 Å². The molecule has 0 saturated heterocycles. The first kappa shape index (κ1) is 24.9. The molecule has 4 aromatic rings. The number of halogens is 2. The first-order valence-corrected chi connectivity index (χ1v) is 13.0. The average Bonchev–Trinajstić information content (AvgIpc) is 2.83. The van der Waals surface area contributed by atoms with Crippen molar-refractivity contribution in [2.45, 2.75) is 11.8 Å². The molecule has 6 nitrogen and oxygen atoms in total. The smallest absolute Gasteiger partial charge is 0.265 e. The summed E-state index contributed by atoms with van der Waals surface area (Å²) < 4.78 is 34.3. The molecule has 1 N–H and O–H groups in total. The molecule has 1 amide bonds. The van der Waals surface area contributed by atoms with E-state index in [9.17, 15) is 13.2 Å². The van der Waals surface area contributed by atoms with Crippen LogP contribution in [0.1, 0.15) is 6.92 Å². The van der Waals surface area contributed by atoms with Gasteiger partial charge in [0, 0.05) is 21.1 Å². The Morgan fingerprint density at radius 3 is 2.26 bits per heavy atom. The SMILES string of the molecule is CCOc1ccc(NC(=O)CN(c2cc(Cl)cc(Cl)c2)S(=O)(=O)c2cccc3ccccc23)cc1. The highest BCUT2D eigenvalue weighted by Crippen LogP contribution is 2.32. The van der Waals surface area contributed by atoms with Gasteiger partial charge in [-0.3, -0.25) is 9.10 Å². The van der Waals surface area contributed by atoms with Gasteiger partial charge in [-0.05, 0) is 60.8 Å². The van der Waals surface area contributed by atoms with Gasteiger partial charge in [-0.25, -0.2) is 8.42 Å². The average molecular weight is 529 g/mol. The lowest BCUT2D eigenvalue weighted by atomic mass is 10.1. The van der Waals surface area contributed by atoms with Crippen LogP contribution < -0.4 is 14.4 Å². The maximum Gasteiger partial charge on any atom is 0.265 e. The normalized spacial score (nSPS) is 11.3. The summed E-state index contributed by atoms with van der Waals surface area (Å²) in [4.78, 5) is 13.1. The molecule has 4 rings (SSSR count). The molecular weight excluding hydrogens is 507 g/mol. The van der Waals surface area contributed by atoms with Gasteiger partial charge >= 0.3 is 0 Å². The Morgan fingerprint density at radius 1 is 0.914 bits per heavy atom. The number of anilines is 2. The molecule has 0 unspecified atom stereocenters. The number of amides is 1. The molecule has 35 heavy (non-hydrogen) atoms. The lowest BCUT2D eigenvalue weighted by Crippen LogP contribution is -2.38. The minimum Gasteiger partial charge on any atom is -0.494 e. The Morgan fingerprint density at radius 2 is 1.57 bits per heavy atom. The summed E-state index contributed by atoms with van der Waals surface area (Å²) in [6.07, 6.45) is 0. The van der Waals surface area contributed by atoms with Crippen LogP contribution in [0.4, 0.5) is 11.4 Å². The Kier molecular flexibility index (Phi) is 7.50. The second kappa shape index (κ2) is 10.6. The zero-order chi connectivity index (χ0) is 25.0. The molecule has 0 radical (unpaired) electrons. The van der Waals surface area contributed by atoms with Crippen LogP contribution in [0.15, 0.2) is 89.8 Å². The zero-order valence-electron chi connectivity index (χ0n) is 18.7. The summed E-state index contributed by atoms with van der Waals surface area (Å²) in [6, 6.07) is 23.4. The van der Waals surface area contributed by atoms with Crippen molar-refractivity contribution >= 4 is 61.3 Å². The summed E-state index contributed by atoms with van der Waals surface area (Å²) in [7, 11) is -4.18. The van der Waals surface area contributed by atoms with E-state index in [-0.39, 0.29) is 20.6 Å². The third-order valence-electron chi connectivity index (χ3n) is 5.19. The molecule has 0 bridgehead atoms. The highest BCUT2D eigenvalue weighted by Gasteiger charge is 2.29. The topological polar surface area (TPSA) is 75.7 Å². The molecule has 180 valence electrons. The number of hydrogen-bond donors (Lipinski definition) is 1. The van der Waals surface area contributed by atoms with Gasteiger partial charge in [0.2, 0.25) is 5.91 Å². The van der Waals surface area contributed by atoms with E-state index in [4.69, 9.17) is 27.9 Å². The highest BCUT2D eigenvalue weighted by molar-refractivity contribution is 7.93. The fraction of sp³-hybridized carbons (Fsp3) is 0.115. The van der Waals surface area contributed by atoms with E-state index in [0.29, 0.717) is 23.4 Å². The van der Waals surface area contributed by atoms with E-state index in [0.717, 1.165) is 9.69 Å². The van der Waals surface area contributed by atoms with Crippen LogP contribution >= 0.6 is 23.2 Å². The molecule has 0 atom stereocenters. The van der Waals surface area contributed by atoms with E-state index in [1.165, 1.54) is 24.3 Å². The molecule has 0 spiro atoms. The maximum atomic E-state index is 13.9. The molecular formula is C26H22Cl2N2O4S. The molecule has 0 aromatic heterocycles. The van der Waals surface area contributed by atoms with Crippen LogP contribution in [0.5, 0.6) is 5.75 Å². The number of carbonyl (C=O) groups excluding carboxylic acids is 1. The second-order valence-corrected chi connectivity index (χ2v) is 10.3. The van der Waals surface area contributed by atoms with Gasteiger partial charge in [0.25, 0.3) is 10.0 Å². The second-order valence-electron chi connectivity index (χ2n) is 7.62. The third-order valence-corrected chi connectivity index (χ3v) is 7.46. The van der Waals surface area contributed by atoms with Crippen molar-refractivity contribution in [3.63, 3.8) is 0 Å². The predicted octanol–water partition coefficient (Wildman–Crippen LogP) is 6.38. The Labute approximate surface area is 214 Å². The van der Waals surface area contributed by atoms with Crippen LogP contribution in [0, 0.1) is 0 Å². The van der Waals surface area contributed by atoms with E-state index < -0.39 is 22.5 Å². The quantitative estimate of drug-likeness (QED) is 0.288. The largest absolute Gasteiger partial charge is 0.494 e. The maximum absolute atomic E-state index is 13.9. The summed E-state index contributed by atoms with van der Waals surface area (Å²) in [5.41, 5.74) is 0.683. The molecule has 9 heteroatoms. The fourth-order valence-corrected chi connectivity index (χ4v) is 5.81. The fourth-order valence-electron chi connectivity index (χ4n) is 3.67. The van der Waals surface area contributed by atoms with E-state index in [2.05, 4.69) is 5.32 Å². The van der Waals surface area contributed by atoms with Gasteiger partial charge in [0.05, 0.1) is 17.2 Å². The summed E-state index contributed by atoms with van der Waals surface area (Å²) in [5.74, 6) is 0.133. The molecule has 0 aliphatic rings. The minimum atomic E-state index is -4.18. The van der Waals surface area contributed by atoms with E-state index in [1.54, 1.807) is 42.5 Å². The number of carbonyl (C=O) groups is 1. The number of nitrogens with one attached hydrogen (secondary N) is 1.